The van der Waals surface area contributed by atoms with Crippen LogP contribution in [0.15, 0.2) is 24.3 Å². The summed E-state index contributed by atoms with van der Waals surface area (Å²) in [5.74, 6) is -0.179. The summed E-state index contributed by atoms with van der Waals surface area (Å²) in [6.07, 6.45) is 0. The maximum absolute atomic E-state index is 10.6. The number of nitrogens with one attached hydrogen (secondary N) is 1. The third-order valence-corrected chi connectivity index (χ3v) is 2.27. The molecular formula is C12H17NO4. The van der Waals surface area contributed by atoms with Gasteiger partial charge in [-0.2, -0.15) is 0 Å². The van der Waals surface area contributed by atoms with Gasteiger partial charge >= 0.3 is 5.97 Å². The third-order valence-electron chi connectivity index (χ3n) is 2.27. The molecule has 0 saturated carbocycles. The zero-order valence-electron chi connectivity index (χ0n) is 9.72. The topological polar surface area (TPSA) is 78.8 Å². The van der Waals surface area contributed by atoms with Crippen LogP contribution in [0.1, 0.15) is 12.5 Å². The molecule has 0 aliphatic rings. The van der Waals surface area contributed by atoms with E-state index in [1.807, 2.05) is 12.1 Å². The summed E-state index contributed by atoms with van der Waals surface area (Å²) in [5, 5.41) is 20.2. The van der Waals surface area contributed by atoms with Crippen molar-refractivity contribution in [3.8, 4) is 5.75 Å². The lowest BCUT2D eigenvalue weighted by molar-refractivity contribution is -0.139. The number of hydrogen-bond donors (Lipinski definition) is 3. The van der Waals surface area contributed by atoms with E-state index in [1.165, 1.54) is 0 Å². The van der Waals surface area contributed by atoms with Gasteiger partial charge in [-0.15, -0.1) is 0 Å². The maximum atomic E-state index is 10.6. The van der Waals surface area contributed by atoms with E-state index in [0.29, 0.717) is 12.3 Å². The van der Waals surface area contributed by atoms with Crippen molar-refractivity contribution in [2.24, 2.45) is 0 Å². The highest BCUT2D eigenvalue weighted by Gasteiger charge is 2.08. The van der Waals surface area contributed by atoms with Crippen LogP contribution in [0.4, 0.5) is 0 Å². The maximum Gasteiger partial charge on any atom is 0.320 e. The van der Waals surface area contributed by atoms with Crippen LogP contribution in [-0.4, -0.2) is 35.4 Å². The molecule has 0 unspecified atom stereocenters. The molecule has 0 radical (unpaired) electrons. The molecule has 0 saturated heterocycles. The second-order valence-corrected chi connectivity index (χ2v) is 3.66. The summed E-state index contributed by atoms with van der Waals surface area (Å²) in [5.41, 5.74) is 0.981. The van der Waals surface area contributed by atoms with Gasteiger partial charge in [0.1, 0.15) is 18.4 Å². The number of ether oxygens (including phenoxy) is 1. The van der Waals surface area contributed by atoms with Crippen LogP contribution in [0.25, 0.3) is 0 Å². The lowest BCUT2D eigenvalue weighted by Gasteiger charge is -2.09. The number of aliphatic hydroxyl groups excluding tert-OH is 1. The Morgan fingerprint density at radius 1 is 1.41 bits per heavy atom. The van der Waals surface area contributed by atoms with Crippen LogP contribution in [-0.2, 0) is 11.3 Å². The molecule has 1 atom stereocenters. The highest BCUT2D eigenvalue weighted by molar-refractivity contribution is 5.72. The first kappa shape index (κ1) is 13.5. The zero-order chi connectivity index (χ0) is 12.7. The van der Waals surface area contributed by atoms with Crippen LogP contribution in [0.3, 0.4) is 0 Å². The molecule has 17 heavy (non-hydrogen) atoms. The average Bonchev–Trinajstić information content (AvgIpc) is 2.34. The molecule has 0 aliphatic carbocycles. The minimum atomic E-state index is -0.868. The molecule has 5 nitrogen and oxygen atoms in total. The van der Waals surface area contributed by atoms with Crippen molar-refractivity contribution in [1.29, 1.82) is 0 Å². The molecule has 0 fully saturated rings. The number of hydrogen-bond acceptors (Lipinski definition) is 4. The molecule has 1 aromatic carbocycles. The molecule has 94 valence electrons. The van der Waals surface area contributed by atoms with Crippen LogP contribution < -0.4 is 10.1 Å². The first-order chi connectivity index (χ1) is 8.13. The molecule has 1 aromatic rings. The molecule has 0 aromatic heterocycles. The normalized spacial score (nSPS) is 12.1. The van der Waals surface area contributed by atoms with Gasteiger partial charge < -0.3 is 20.3 Å². The van der Waals surface area contributed by atoms with E-state index in [9.17, 15) is 4.79 Å². The predicted molar refractivity (Wildman–Crippen MR) is 63.0 cm³/mol. The van der Waals surface area contributed by atoms with Gasteiger partial charge in [0.25, 0.3) is 0 Å². The van der Waals surface area contributed by atoms with Crippen molar-refractivity contribution < 1.29 is 19.7 Å². The van der Waals surface area contributed by atoms with Gasteiger partial charge in [0.2, 0.25) is 0 Å². The number of carboxylic acids is 1. The van der Waals surface area contributed by atoms with E-state index in [-0.39, 0.29) is 13.2 Å². The number of aliphatic carboxylic acids is 1. The number of aliphatic hydroxyl groups is 1. The number of carbonyl (C=O) groups is 1. The second-order valence-electron chi connectivity index (χ2n) is 3.66. The van der Waals surface area contributed by atoms with Gasteiger partial charge in [-0.05, 0) is 24.6 Å². The van der Waals surface area contributed by atoms with Crippen molar-refractivity contribution in [3.63, 3.8) is 0 Å². The van der Waals surface area contributed by atoms with E-state index in [2.05, 4.69) is 5.32 Å². The standard InChI is InChI=1S/C12H17NO4/c1-9(12(15)16)13-8-10-2-4-11(5-3-10)17-7-6-14/h2-5,9,13-14H,6-8H2,1H3,(H,15,16)/t9-/m0/s1. The van der Waals surface area contributed by atoms with Gasteiger partial charge in [0.15, 0.2) is 0 Å². The van der Waals surface area contributed by atoms with Crippen molar-refractivity contribution in [1.82, 2.24) is 5.32 Å². The van der Waals surface area contributed by atoms with Crippen LogP contribution >= 0.6 is 0 Å². The minimum Gasteiger partial charge on any atom is -0.491 e. The zero-order valence-corrected chi connectivity index (χ0v) is 9.72. The van der Waals surface area contributed by atoms with Gasteiger partial charge in [0.05, 0.1) is 6.61 Å². The minimum absolute atomic E-state index is 0.0145. The SMILES string of the molecule is C[C@H](NCc1ccc(OCCO)cc1)C(=O)O. The Morgan fingerprint density at radius 2 is 2.06 bits per heavy atom. The van der Waals surface area contributed by atoms with Crippen molar-refractivity contribution in [2.75, 3.05) is 13.2 Å². The van der Waals surface area contributed by atoms with Crippen molar-refractivity contribution in [3.05, 3.63) is 29.8 Å². The largest absolute Gasteiger partial charge is 0.491 e. The van der Waals surface area contributed by atoms with Gasteiger partial charge in [0, 0.05) is 6.54 Å². The van der Waals surface area contributed by atoms with E-state index in [4.69, 9.17) is 14.9 Å². The molecular weight excluding hydrogens is 222 g/mol. The number of carboxylic acid groups (broad SMARTS) is 1. The summed E-state index contributed by atoms with van der Waals surface area (Å²) in [7, 11) is 0. The second kappa shape index (κ2) is 6.88. The summed E-state index contributed by atoms with van der Waals surface area (Å²) < 4.78 is 5.21. The molecule has 0 heterocycles. The van der Waals surface area contributed by atoms with E-state index >= 15 is 0 Å². The lowest BCUT2D eigenvalue weighted by atomic mass is 10.2. The van der Waals surface area contributed by atoms with E-state index < -0.39 is 12.0 Å². The molecule has 1 rings (SSSR count). The molecule has 5 heteroatoms. The highest BCUT2D eigenvalue weighted by atomic mass is 16.5. The number of rotatable bonds is 7. The van der Waals surface area contributed by atoms with Crippen LogP contribution in [0, 0.1) is 0 Å². The van der Waals surface area contributed by atoms with Crippen molar-refractivity contribution >= 4 is 5.97 Å². The fourth-order valence-corrected chi connectivity index (χ4v) is 1.23. The summed E-state index contributed by atoms with van der Waals surface area (Å²) in [4.78, 5) is 10.6. The molecule has 0 amide bonds. The first-order valence-electron chi connectivity index (χ1n) is 5.42. The molecule has 0 spiro atoms. The summed E-state index contributed by atoms with van der Waals surface area (Å²) in [6.45, 7) is 2.35. The van der Waals surface area contributed by atoms with E-state index in [1.54, 1.807) is 19.1 Å². The summed E-state index contributed by atoms with van der Waals surface area (Å²) >= 11 is 0. The average molecular weight is 239 g/mol. The van der Waals surface area contributed by atoms with Crippen molar-refractivity contribution in [2.45, 2.75) is 19.5 Å². The van der Waals surface area contributed by atoms with Gasteiger partial charge in [-0.1, -0.05) is 12.1 Å². The Bertz CT molecular complexity index is 350. The van der Waals surface area contributed by atoms with Crippen LogP contribution in [0.5, 0.6) is 5.75 Å². The quantitative estimate of drug-likeness (QED) is 0.650. The monoisotopic (exact) mass is 239 g/mol. The molecule has 0 aliphatic heterocycles. The Balaban J connectivity index is 2.42. The predicted octanol–water partition coefficient (Wildman–Crippen LogP) is 0.620. The fraction of sp³-hybridized carbons (Fsp3) is 0.417. The van der Waals surface area contributed by atoms with E-state index in [0.717, 1.165) is 5.56 Å². The van der Waals surface area contributed by atoms with Gasteiger partial charge in [-0.25, -0.2) is 0 Å². The first-order valence-corrected chi connectivity index (χ1v) is 5.42. The third kappa shape index (κ3) is 4.84. The Morgan fingerprint density at radius 3 is 2.59 bits per heavy atom. The van der Waals surface area contributed by atoms with Crippen LogP contribution in [0.2, 0.25) is 0 Å². The highest BCUT2D eigenvalue weighted by Crippen LogP contribution is 2.11. The smallest absolute Gasteiger partial charge is 0.320 e. The summed E-state index contributed by atoms with van der Waals surface area (Å²) in [6, 6.07) is 6.72. The Kier molecular flexibility index (Phi) is 5.45. The lowest BCUT2D eigenvalue weighted by Crippen LogP contribution is -2.33. The van der Waals surface area contributed by atoms with Gasteiger partial charge in [-0.3, -0.25) is 4.79 Å². The Hall–Kier alpha value is -1.59. The molecule has 0 bridgehead atoms. The Labute approximate surface area is 100 Å². The fourth-order valence-electron chi connectivity index (χ4n) is 1.23. The number of benzene rings is 1. The molecule has 3 N–H and O–H groups in total.